The predicted octanol–water partition coefficient (Wildman–Crippen LogP) is 5.12. The summed E-state index contributed by atoms with van der Waals surface area (Å²) in [7, 11) is 0. The molecule has 1 unspecified atom stereocenters. The lowest BCUT2D eigenvalue weighted by Gasteiger charge is -2.16. The van der Waals surface area contributed by atoms with Crippen LogP contribution in [0.4, 0.5) is 13.2 Å². The second-order valence-electron chi connectivity index (χ2n) is 6.25. The average molecular weight is 322 g/mol. The first-order valence-corrected chi connectivity index (χ1v) is 7.58. The maximum absolute atomic E-state index is 12.6. The van der Waals surface area contributed by atoms with Crippen LogP contribution >= 0.6 is 0 Å². The summed E-state index contributed by atoms with van der Waals surface area (Å²) < 4.78 is 37.9. The molecule has 2 N–H and O–H groups in total. The van der Waals surface area contributed by atoms with Gasteiger partial charge in [0, 0.05) is 17.8 Å². The quantitative estimate of drug-likeness (QED) is 0.848. The van der Waals surface area contributed by atoms with Gasteiger partial charge in [-0.3, -0.25) is 4.98 Å². The number of aromatic nitrogens is 1. The van der Waals surface area contributed by atoms with E-state index in [-0.39, 0.29) is 6.04 Å². The molecule has 0 bridgehead atoms. The molecule has 0 spiro atoms. The normalized spacial score (nSPS) is 13.4. The molecule has 0 amide bonds. The van der Waals surface area contributed by atoms with Crippen LogP contribution in [-0.2, 0) is 6.18 Å². The van der Waals surface area contributed by atoms with Crippen LogP contribution in [-0.4, -0.2) is 4.98 Å². The minimum Gasteiger partial charge on any atom is -0.324 e. The molecule has 0 saturated heterocycles. The zero-order chi connectivity index (χ0) is 17.2. The van der Waals surface area contributed by atoms with Gasteiger partial charge in [0.05, 0.1) is 11.3 Å². The number of pyridine rings is 1. The van der Waals surface area contributed by atoms with Crippen LogP contribution in [0.25, 0.3) is 11.3 Å². The van der Waals surface area contributed by atoms with Crippen molar-refractivity contribution in [2.45, 2.75) is 39.4 Å². The Morgan fingerprint density at radius 1 is 1.13 bits per heavy atom. The molecule has 0 radical (unpaired) electrons. The molecule has 0 fully saturated rings. The Morgan fingerprint density at radius 3 is 2.22 bits per heavy atom. The van der Waals surface area contributed by atoms with Crippen LogP contribution in [0.2, 0.25) is 0 Å². The van der Waals surface area contributed by atoms with Gasteiger partial charge in [0.2, 0.25) is 0 Å². The highest BCUT2D eigenvalue weighted by Gasteiger charge is 2.30. The van der Waals surface area contributed by atoms with Crippen LogP contribution in [0.5, 0.6) is 0 Å². The minimum atomic E-state index is -4.32. The molecular weight excluding hydrogens is 301 g/mol. The Kier molecular flexibility index (Phi) is 5.09. The molecule has 23 heavy (non-hydrogen) atoms. The van der Waals surface area contributed by atoms with E-state index < -0.39 is 11.7 Å². The van der Waals surface area contributed by atoms with E-state index in [1.54, 1.807) is 6.20 Å². The van der Waals surface area contributed by atoms with E-state index in [4.69, 9.17) is 5.73 Å². The first-order chi connectivity index (χ1) is 10.7. The van der Waals surface area contributed by atoms with Crippen molar-refractivity contribution in [1.82, 2.24) is 4.98 Å². The highest BCUT2D eigenvalue weighted by molar-refractivity contribution is 5.63. The van der Waals surface area contributed by atoms with Crippen molar-refractivity contribution in [2.24, 2.45) is 11.7 Å². The minimum absolute atomic E-state index is 0.0807. The number of alkyl halides is 3. The summed E-state index contributed by atoms with van der Waals surface area (Å²) in [5, 5.41) is 0. The summed E-state index contributed by atoms with van der Waals surface area (Å²) in [4.78, 5) is 4.41. The zero-order valence-electron chi connectivity index (χ0n) is 13.5. The number of aryl methyl sites for hydroxylation is 1. The number of nitrogens with two attached hydrogens (primary N) is 1. The zero-order valence-corrected chi connectivity index (χ0v) is 13.5. The maximum Gasteiger partial charge on any atom is 0.416 e. The molecule has 1 heterocycles. The molecule has 5 heteroatoms. The Bertz CT molecular complexity index is 661. The van der Waals surface area contributed by atoms with Gasteiger partial charge in [0.1, 0.15) is 0 Å². The Hall–Kier alpha value is -1.88. The van der Waals surface area contributed by atoms with Crippen molar-refractivity contribution in [3.63, 3.8) is 0 Å². The Balaban J connectivity index is 2.27. The van der Waals surface area contributed by atoms with E-state index in [1.165, 1.54) is 12.1 Å². The molecule has 0 aliphatic heterocycles. The van der Waals surface area contributed by atoms with E-state index in [0.717, 1.165) is 29.7 Å². The highest BCUT2D eigenvalue weighted by Crippen LogP contribution is 2.31. The topological polar surface area (TPSA) is 38.9 Å². The molecule has 124 valence electrons. The number of hydrogen-bond acceptors (Lipinski definition) is 2. The van der Waals surface area contributed by atoms with E-state index in [1.807, 2.05) is 13.0 Å². The lowest BCUT2D eigenvalue weighted by Crippen LogP contribution is -2.13. The monoisotopic (exact) mass is 322 g/mol. The third-order valence-electron chi connectivity index (χ3n) is 3.74. The lowest BCUT2D eigenvalue weighted by molar-refractivity contribution is -0.137. The van der Waals surface area contributed by atoms with Gasteiger partial charge in [-0.1, -0.05) is 32.0 Å². The van der Waals surface area contributed by atoms with Crippen LogP contribution in [0.1, 0.15) is 43.0 Å². The van der Waals surface area contributed by atoms with Gasteiger partial charge in [0.15, 0.2) is 0 Å². The van der Waals surface area contributed by atoms with Crippen molar-refractivity contribution in [1.29, 1.82) is 0 Å². The molecule has 1 aromatic heterocycles. The third-order valence-corrected chi connectivity index (χ3v) is 3.74. The summed E-state index contributed by atoms with van der Waals surface area (Å²) in [5.74, 6) is 0.486. The molecule has 2 aromatic rings. The molecule has 0 aliphatic carbocycles. The van der Waals surface area contributed by atoms with Gasteiger partial charge in [-0.15, -0.1) is 0 Å². The van der Waals surface area contributed by atoms with Crippen LogP contribution in [0, 0.1) is 12.8 Å². The molecular formula is C18H21F3N2. The summed E-state index contributed by atoms with van der Waals surface area (Å²) in [5.41, 5.74) is 8.70. The van der Waals surface area contributed by atoms with Gasteiger partial charge in [-0.25, -0.2) is 0 Å². The standard InChI is InChI=1S/C18H21F3N2/c1-11(2)8-16(22)14-9-12(3)17(23-10-14)13-4-6-15(7-5-13)18(19,20)21/h4-7,9-11,16H,8,22H2,1-3H3. The van der Waals surface area contributed by atoms with Crippen molar-refractivity contribution >= 4 is 0 Å². The van der Waals surface area contributed by atoms with Gasteiger partial charge >= 0.3 is 6.18 Å². The third kappa shape index (κ3) is 4.32. The van der Waals surface area contributed by atoms with Gasteiger partial charge < -0.3 is 5.73 Å². The SMILES string of the molecule is Cc1cc(C(N)CC(C)C)cnc1-c1ccc(C(F)(F)F)cc1. The number of benzene rings is 1. The van der Waals surface area contributed by atoms with E-state index in [0.29, 0.717) is 17.2 Å². The molecule has 0 aliphatic rings. The smallest absolute Gasteiger partial charge is 0.324 e. The second kappa shape index (κ2) is 6.71. The molecule has 0 saturated carbocycles. The molecule has 2 nitrogen and oxygen atoms in total. The van der Waals surface area contributed by atoms with E-state index >= 15 is 0 Å². The van der Waals surface area contributed by atoms with E-state index in [2.05, 4.69) is 18.8 Å². The van der Waals surface area contributed by atoms with Crippen molar-refractivity contribution in [3.05, 3.63) is 53.2 Å². The van der Waals surface area contributed by atoms with Crippen LogP contribution in [0.15, 0.2) is 36.5 Å². The number of hydrogen-bond donors (Lipinski definition) is 1. The first-order valence-electron chi connectivity index (χ1n) is 7.58. The maximum atomic E-state index is 12.6. The second-order valence-corrected chi connectivity index (χ2v) is 6.25. The summed E-state index contributed by atoms with van der Waals surface area (Å²) in [6.45, 7) is 6.11. The summed E-state index contributed by atoms with van der Waals surface area (Å²) in [6, 6.07) is 6.94. The highest BCUT2D eigenvalue weighted by atomic mass is 19.4. The molecule has 1 atom stereocenters. The fraction of sp³-hybridized carbons (Fsp3) is 0.389. The summed E-state index contributed by atoms with van der Waals surface area (Å²) >= 11 is 0. The predicted molar refractivity (Wildman–Crippen MR) is 85.8 cm³/mol. The number of halogens is 3. The Labute approximate surface area is 134 Å². The fourth-order valence-corrected chi connectivity index (χ4v) is 2.56. The largest absolute Gasteiger partial charge is 0.416 e. The summed E-state index contributed by atoms with van der Waals surface area (Å²) in [6.07, 6.45) is -1.75. The fourth-order valence-electron chi connectivity index (χ4n) is 2.56. The van der Waals surface area contributed by atoms with Crippen LogP contribution < -0.4 is 5.73 Å². The Morgan fingerprint density at radius 2 is 1.74 bits per heavy atom. The number of nitrogens with zero attached hydrogens (tertiary/aromatic N) is 1. The van der Waals surface area contributed by atoms with Crippen molar-refractivity contribution in [2.75, 3.05) is 0 Å². The van der Waals surface area contributed by atoms with Crippen molar-refractivity contribution in [3.8, 4) is 11.3 Å². The van der Waals surface area contributed by atoms with Crippen LogP contribution in [0.3, 0.4) is 0 Å². The molecule has 1 aromatic carbocycles. The van der Waals surface area contributed by atoms with E-state index in [9.17, 15) is 13.2 Å². The molecule has 2 rings (SSSR count). The first kappa shape index (κ1) is 17.5. The van der Waals surface area contributed by atoms with Crippen molar-refractivity contribution < 1.29 is 13.2 Å². The van der Waals surface area contributed by atoms with Gasteiger partial charge in [-0.05, 0) is 42.5 Å². The average Bonchev–Trinajstić information content (AvgIpc) is 2.45. The number of rotatable bonds is 4. The van der Waals surface area contributed by atoms with Gasteiger partial charge in [0.25, 0.3) is 0 Å². The lowest BCUT2D eigenvalue weighted by atomic mass is 9.96. The van der Waals surface area contributed by atoms with Gasteiger partial charge in [-0.2, -0.15) is 13.2 Å².